The second-order valence-electron chi connectivity index (χ2n) is 7.67. The first-order chi connectivity index (χ1) is 15.5. The highest BCUT2D eigenvalue weighted by Crippen LogP contribution is 2.20. The number of guanidine groups is 1. The third-order valence-electron chi connectivity index (χ3n) is 5.41. The molecule has 32 heavy (non-hydrogen) atoms. The van der Waals surface area contributed by atoms with Crippen LogP contribution >= 0.6 is 11.6 Å². The molecule has 4 heterocycles. The van der Waals surface area contributed by atoms with Crippen LogP contribution in [0.25, 0.3) is 10.9 Å². The first kappa shape index (κ1) is 20.1. The first-order valence-corrected chi connectivity index (χ1v) is 10.5. The van der Waals surface area contributed by atoms with E-state index in [4.69, 9.17) is 17.3 Å². The number of aliphatic imine (C=N–C) groups is 1. The number of hydrogen-bond acceptors (Lipinski definition) is 5. The smallest absolute Gasteiger partial charge is 0.348 e. The van der Waals surface area contributed by atoms with E-state index >= 15 is 0 Å². The number of benzene rings is 1. The minimum Gasteiger partial charge on any atom is -0.348 e. The Morgan fingerprint density at radius 3 is 3.00 bits per heavy atom. The molecule has 7 nitrogen and oxygen atoms in total. The summed E-state index contributed by atoms with van der Waals surface area (Å²) in [6.45, 7) is 0.420. The minimum atomic E-state index is -0.147. The monoisotopic (exact) mass is 443 g/mol. The zero-order valence-electron chi connectivity index (χ0n) is 17.1. The molecule has 2 aliphatic rings. The first-order valence-electron chi connectivity index (χ1n) is 10.2. The lowest BCUT2D eigenvalue weighted by Crippen LogP contribution is -2.30. The molecule has 3 aromatic rings. The molecule has 2 aromatic heterocycles. The summed E-state index contributed by atoms with van der Waals surface area (Å²) in [4.78, 5) is 25.6. The van der Waals surface area contributed by atoms with Gasteiger partial charge in [-0.25, -0.2) is 4.58 Å². The van der Waals surface area contributed by atoms with E-state index < -0.39 is 0 Å². The highest BCUT2D eigenvalue weighted by molar-refractivity contribution is 6.31. The maximum atomic E-state index is 12.7. The topological polar surface area (TPSA) is 96.3 Å². The van der Waals surface area contributed by atoms with Gasteiger partial charge in [-0.2, -0.15) is 0 Å². The van der Waals surface area contributed by atoms with E-state index in [1.165, 1.54) is 0 Å². The van der Waals surface area contributed by atoms with Crippen molar-refractivity contribution in [1.82, 2.24) is 15.3 Å². The molecule has 2 aliphatic heterocycles. The lowest BCUT2D eigenvalue weighted by Gasteiger charge is -2.13. The molecule has 0 fully saturated rings. The Bertz CT molecular complexity index is 1360. The number of aromatic nitrogens is 2. The molecule has 1 atom stereocenters. The summed E-state index contributed by atoms with van der Waals surface area (Å²) in [6, 6.07) is 11.5. The Labute approximate surface area is 189 Å². The van der Waals surface area contributed by atoms with Crippen molar-refractivity contribution in [3.05, 3.63) is 94.6 Å². The van der Waals surface area contributed by atoms with Gasteiger partial charge in [-0.05, 0) is 53.6 Å². The number of amides is 1. The van der Waals surface area contributed by atoms with Crippen LogP contribution in [0.15, 0.2) is 77.7 Å². The molecule has 0 radical (unpaired) electrons. The van der Waals surface area contributed by atoms with Crippen molar-refractivity contribution in [2.75, 3.05) is 6.54 Å². The normalized spacial score (nSPS) is 16.9. The van der Waals surface area contributed by atoms with Gasteiger partial charge in [0.25, 0.3) is 5.91 Å². The van der Waals surface area contributed by atoms with Gasteiger partial charge in [0.05, 0.1) is 16.7 Å². The van der Waals surface area contributed by atoms with Crippen molar-refractivity contribution < 1.29 is 9.37 Å². The molecular formula is C24H20ClN6O+. The highest BCUT2D eigenvalue weighted by atomic mass is 35.5. The minimum absolute atomic E-state index is 0.00599. The van der Waals surface area contributed by atoms with Crippen molar-refractivity contribution in [3.63, 3.8) is 0 Å². The summed E-state index contributed by atoms with van der Waals surface area (Å²) in [5, 5.41) is 4.55. The lowest BCUT2D eigenvalue weighted by molar-refractivity contribution is -0.465. The lowest BCUT2D eigenvalue weighted by atomic mass is 10.0. The molecule has 0 bridgehead atoms. The second kappa shape index (κ2) is 8.36. The quantitative estimate of drug-likeness (QED) is 0.592. The molecule has 158 valence electrons. The Balaban J connectivity index is 1.26. The average Bonchev–Trinajstić information content (AvgIpc) is 3.17. The molecule has 8 heteroatoms. The maximum Gasteiger partial charge on any atom is 0.389 e. The molecule has 1 amide bonds. The fraction of sp³-hybridized carbons (Fsp3) is 0.125. The van der Waals surface area contributed by atoms with E-state index in [0.717, 1.165) is 27.7 Å². The standard InChI is InChI=1S/C24H19ClN6O/c25-19-10-18-7-15(1-2-22(18)28-13-19)8-20-11-17(3-5-27-20)23(32)29-12-16-4-6-31-21(9-16)14-30-24(31)26/h1-7,9-11,13-14,21,26H,8,12H2,(H,29,32)/p+1. The average molecular weight is 444 g/mol. The molecule has 0 spiro atoms. The van der Waals surface area contributed by atoms with Crippen LogP contribution in [0.5, 0.6) is 0 Å². The van der Waals surface area contributed by atoms with Crippen molar-refractivity contribution in [2.24, 2.45) is 10.7 Å². The predicted molar refractivity (Wildman–Crippen MR) is 125 cm³/mol. The van der Waals surface area contributed by atoms with E-state index in [9.17, 15) is 4.79 Å². The van der Waals surface area contributed by atoms with Crippen LogP contribution < -0.4 is 11.1 Å². The maximum absolute atomic E-state index is 12.7. The van der Waals surface area contributed by atoms with Gasteiger partial charge in [0.2, 0.25) is 0 Å². The Kier molecular flexibility index (Phi) is 5.25. The van der Waals surface area contributed by atoms with Crippen molar-refractivity contribution >= 4 is 40.6 Å². The number of fused-ring (bicyclic) bond motifs is 2. The van der Waals surface area contributed by atoms with Crippen LogP contribution in [0.2, 0.25) is 5.02 Å². The van der Waals surface area contributed by atoms with Crippen molar-refractivity contribution in [1.29, 1.82) is 0 Å². The van der Waals surface area contributed by atoms with E-state index in [1.54, 1.807) is 24.7 Å². The third-order valence-corrected chi connectivity index (χ3v) is 5.62. The number of pyridine rings is 2. The van der Waals surface area contributed by atoms with Crippen molar-refractivity contribution in [3.8, 4) is 0 Å². The highest BCUT2D eigenvalue weighted by Gasteiger charge is 2.24. The SMILES string of the molecule is NC1=[N+]2C=CC(CNC(=O)c3ccnc(Cc4ccc5ncc(Cl)cc5c4)c3)=CC2C=N1. The van der Waals surface area contributed by atoms with Gasteiger partial charge in [-0.1, -0.05) is 22.7 Å². The summed E-state index contributed by atoms with van der Waals surface area (Å²) < 4.78 is 1.87. The molecule has 5 rings (SSSR count). The van der Waals surface area contributed by atoms with Crippen LogP contribution in [0.1, 0.15) is 21.6 Å². The van der Waals surface area contributed by atoms with Crippen LogP contribution in [0, 0.1) is 0 Å². The molecular weight excluding hydrogens is 424 g/mol. The Morgan fingerprint density at radius 2 is 2.09 bits per heavy atom. The van der Waals surface area contributed by atoms with E-state index in [1.807, 2.05) is 53.3 Å². The van der Waals surface area contributed by atoms with Gasteiger partial charge >= 0.3 is 5.96 Å². The molecule has 0 saturated heterocycles. The predicted octanol–water partition coefficient (Wildman–Crippen LogP) is 2.84. The molecule has 0 saturated carbocycles. The van der Waals surface area contributed by atoms with Gasteiger partial charge in [0, 0.05) is 42.0 Å². The van der Waals surface area contributed by atoms with Gasteiger partial charge in [-0.15, -0.1) is 0 Å². The Morgan fingerprint density at radius 1 is 1.19 bits per heavy atom. The number of hydrogen-bond donors (Lipinski definition) is 2. The number of nitrogens with one attached hydrogen (secondary N) is 1. The zero-order valence-corrected chi connectivity index (χ0v) is 17.8. The summed E-state index contributed by atoms with van der Waals surface area (Å²) in [5.74, 6) is 0.326. The van der Waals surface area contributed by atoms with Crippen LogP contribution in [0.3, 0.4) is 0 Å². The van der Waals surface area contributed by atoms with Crippen molar-refractivity contribution in [2.45, 2.75) is 12.5 Å². The molecule has 0 aliphatic carbocycles. The molecule has 1 unspecified atom stereocenters. The van der Waals surface area contributed by atoms with E-state index in [-0.39, 0.29) is 11.9 Å². The molecule has 1 aromatic carbocycles. The van der Waals surface area contributed by atoms with Gasteiger partial charge in [0.1, 0.15) is 6.21 Å². The van der Waals surface area contributed by atoms with Crippen LogP contribution in [0.4, 0.5) is 0 Å². The van der Waals surface area contributed by atoms with E-state index in [2.05, 4.69) is 20.3 Å². The second-order valence-corrected chi connectivity index (χ2v) is 8.10. The summed E-state index contributed by atoms with van der Waals surface area (Å²) in [6.07, 6.45) is 11.5. The largest absolute Gasteiger partial charge is 0.389 e. The number of rotatable bonds is 5. The number of nitrogens with zero attached hydrogens (tertiary/aromatic N) is 4. The molecule has 3 N–H and O–H groups in total. The fourth-order valence-corrected chi connectivity index (χ4v) is 3.95. The van der Waals surface area contributed by atoms with Gasteiger partial charge < -0.3 is 5.32 Å². The number of carbonyl (C=O) groups excluding carboxylic acids is 1. The summed E-state index contributed by atoms with van der Waals surface area (Å²) in [5.41, 5.74) is 10.2. The van der Waals surface area contributed by atoms with E-state index in [0.29, 0.717) is 29.5 Å². The zero-order chi connectivity index (χ0) is 22.1. The number of halogens is 1. The number of carbonyl (C=O) groups is 1. The van der Waals surface area contributed by atoms with Gasteiger partial charge in [0.15, 0.2) is 6.04 Å². The number of nitrogens with two attached hydrogens (primary N) is 1. The fourth-order valence-electron chi connectivity index (χ4n) is 3.79. The van der Waals surface area contributed by atoms with Gasteiger partial charge in [-0.3, -0.25) is 20.5 Å². The summed E-state index contributed by atoms with van der Waals surface area (Å²) >= 11 is 6.06. The third kappa shape index (κ3) is 4.15. The van der Waals surface area contributed by atoms with Crippen LogP contribution in [-0.2, 0) is 6.42 Å². The van der Waals surface area contributed by atoms with Crippen LogP contribution in [-0.4, -0.2) is 45.2 Å². The summed E-state index contributed by atoms with van der Waals surface area (Å²) in [7, 11) is 0. The Hall–Kier alpha value is -3.84.